The third-order valence-electron chi connectivity index (χ3n) is 4.33. The molecule has 0 aliphatic heterocycles. The molecular weight excluding hydrogens is 250 g/mol. The lowest BCUT2D eigenvalue weighted by Crippen LogP contribution is -2.27. The van der Waals surface area contributed by atoms with Gasteiger partial charge >= 0.3 is 0 Å². The molecule has 2 N–H and O–H groups in total. The molecule has 0 saturated heterocycles. The minimum atomic E-state index is 0.298. The Bertz CT molecular complexity index is 583. The van der Waals surface area contributed by atoms with Crippen LogP contribution >= 0.6 is 0 Å². The van der Waals surface area contributed by atoms with E-state index in [1.165, 1.54) is 32.1 Å². The summed E-state index contributed by atoms with van der Waals surface area (Å²) in [6.07, 6.45) is 6.46. The smallest absolute Gasteiger partial charge is 0.184 e. The Morgan fingerprint density at radius 3 is 2.70 bits per heavy atom. The van der Waals surface area contributed by atoms with Crippen molar-refractivity contribution in [1.29, 1.82) is 0 Å². The van der Waals surface area contributed by atoms with Crippen LogP contribution in [0.3, 0.4) is 0 Å². The van der Waals surface area contributed by atoms with Gasteiger partial charge in [-0.25, -0.2) is 4.68 Å². The zero-order valence-electron chi connectivity index (χ0n) is 11.9. The second-order valence-corrected chi connectivity index (χ2v) is 6.12. The van der Waals surface area contributed by atoms with Gasteiger partial charge in [-0.1, -0.05) is 38.3 Å². The van der Waals surface area contributed by atoms with E-state index in [0.717, 1.165) is 23.6 Å². The molecule has 5 heteroatoms. The van der Waals surface area contributed by atoms with Gasteiger partial charge in [-0.2, -0.15) is 0 Å². The first-order chi connectivity index (χ1) is 9.68. The summed E-state index contributed by atoms with van der Waals surface area (Å²) in [7, 11) is 0. The molecule has 1 heterocycles. The highest BCUT2D eigenvalue weighted by atomic mass is 15.5. The second kappa shape index (κ2) is 5.23. The number of para-hydroxylation sites is 1. The van der Waals surface area contributed by atoms with E-state index in [0.29, 0.717) is 5.41 Å². The fourth-order valence-corrected chi connectivity index (χ4v) is 3.13. The summed E-state index contributed by atoms with van der Waals surface area (Å²) in [5, 5.41) is 12.2. The standard InChI is InChI=1S/C15H21N5/c1-15(9-5-2-6-10-15)11-20-14(17-18-19-20)12-7-3-4-8-13(12)16/h3-4,7-8H,2,5-6,9-11,16H2,1H3. The van der Waals surface area contributed by atoms with Crippen LogP contribution in [0, 0.1) is 5.41 Å². The highest BCUT2D eigenvalue weighted by molar-refractivity contribution is 5.70. The molecule has 106 valence electrons. The van der Waals surface area contributed by atoms with E-state index >= 15 is 0 Å². The highest BCUT2D eigenvalue weighted by Gasteiger charge is 2.29. The van der Waals surface area contributed by atoms with Gasteiger partial charge in [0.05, 0.1) is 6.54 Å². The van der Waals surface area contributed by atoms with Crippen LogP contribution in [-0.4, -0.2) is 20.2 Å². The Morgan fingerprint density at radius 2 is 1.95 bits per heavy atom. The molecule has 1 aliphatic rings. The molecule has 0 spiro atoms. The second-order valence-electron chi connectivity index (χ2n) is 6.12. The van der Waals surface area contributed by atoms with Crippen LogP contribution in [-0.2, 0) is 6.54 Å². The highest BCUT2D eigenvalue weighted by Crippen LogP contribution is 2.37. The molecular formula is C15H21N5. The minimum Gasteiger partial charge on any atom is -0.398 e. The van der Waals surface area contributed by atoms with Crippen molar-refractivity contribution in [3.63, 3.8) is 0 Å². The van der Waals surface area contributed by atoms with Gasteiger partial charge in [0.2, 0.25) is 0 Å². The summed E-state index contributed by atoms with van der Waals surface area (Å²) in [6, 6.07) is 7.75. The van der Waals surface area contributed by atoms with Gasteiger partial charge < -0.3 is 5.73 Å². The van der Waals surface area contributed by atoms with Gasteiger partial charge in [-0.05, 0) is 40.8 Å². The maximum atomic E-state index is 6.04. The maximum absolute atomic E-state index is 6.04. The molecule has 1 saturated carbocycles. The number of anilines is 1. The number of aromatic nitrogens is 4. The van der Waals surface area contributed by atoms with Gasteiger partial charge in [0, 0.05) is 11.3 Å². The summed E-state index contributed by atoms with van der Waals surface area (Å²) >= 11 is 0. The number of nitrogens with two attached hydrogens (primary N) is 1. The molecule has 0 unspecified atom stereocenters. The van der Waals surface area contributed by atoms with Crippen molar-refractivity contribution < 1.29 is 0 Å². The van der Waals surface area contributed by atoms with Crippen molar-refractivity contribution in [2.45, 2.75) is 45.6 Å². The van der Waals surface area contributed by atoms with E-state index in [1.54, 1.807) is 0 Å². The van der Waals surface area contributed by atoms with Gasteiger partial charge in [0.25, 0.3) is 0 Å². The quantitative estimate of drug-likeness (QED) is 0.871. The molecule has 1 fully saturated rings. The summed E-state index contributed by atoms with van der Waals surface area (Å²) in [5.74, 6) is 0.773. The number of rotatable bonds is 3. The van der Waals surface area contributed by atoms with Crippen molar-refractivity contribution in [1.82, 2.24) is 20.2 Å². The van der Waals surface area contributed by atoms with Crippen molar-refractivity contribution in [2.24, 2.45) is 5.41 Å². The topological polar surface area (TPSA) is 69.6 Å². The molecule has 2 aromatic rings. The molecule has 0 radical (unpaired) electrons. The maximum Gasteiger partial charge on any atom is 0.184 e. The van der Waals surface area contributed by atoms with Crippen molar-refractivity contribution in [2.75, 3.05) is 5.73 Å². The van der Waals surface area contributed by atoms with Gasteiger partial charge in [-0.15, -0.1) is 5.10 Å². The molecule has 0 amide bonds. The van der Waals surface area contributed by atoms with Crippen LogP contribution in [0.15, 0.2) is 24.3 Å². The Balaban J connectivity index is 1.89. The lowest BCUT2D eigenvalue weighted by molar-refractivity contribution is 0.175. The van der Waals surface area contributed by atoms with Crippen LogP contribution < -0.4 is 5.73 Å². The van der Waals surface area contributed by atoms with Gasteiger partial charge in [0.1, 0.15) is 0 Å². The lowest BCUT2D eigenvalue weighted by atomic mass is 9.76. The van der Waals surface area contributed by atoms with E-state index in [1.807, 2.05) is 28.9 Å². The van der Waals surface area contributed by atoms with Crippen LogP contribution in [0.1, 0.15) is 39.0 Å². The fraction of sp³-hybridized carbons (Fsp3) is 0.533. The number of nitrogen functional groups attached to an aromatic ring is 1. The Labute approximate surface area is 119 Å². The Kier molecular flexibility index (Phi) is 3.42. The molecule has 3 rings (SSSR count). The summed E-state index contributed by atoms with van der Waals surface area (Å²) in [5.41, 5.74) is 7.97. The monoisotopic (exact) mass is 271 g/mol. The minimum absolute atomic E-state index is 0.298. The third-order valence-corrected chi connectivity index (χ3v) is 4.33. The molecule has 1 aromatic heterocycles. The number of hydrogen-bond acceptors (Lipinski definition) is 4. The van der Waals surface area contributed by atoms with Gasteiger partial charge in [0.15, 0.2) is 5.82 Å². The summed E-state index contributed by atoms with van der Waals surface area (Å²) in [4.78, 5) is 0. The number of benzene rings is 1. The SMILES string of the molecule is CC1(Cn2nnnc2-c2ccccc2N)CCCCC1. The number of tetrazole rings is 1. The van der Waals surface area contributed by atoms with E-state index in [-0.39, 0.29) is 0 Å². The number of nitrogens with zero attached hydrogens (tertiary/aromatic N) is 4. The van der Waals surface area contributed by atoms with E-state index in [2.05, 4.69) is 22.4 Å². The first-order valence-electron chi connectivity index (χ1n) is 7.29. The van der Waals surface area contributed by atoms with Crippen molar-refractivity contribution in [3.05, 3.63) is 24.3 Å². The molecule has 0 atom stereocenters. The largest absolute Gasteiger partial charge is 0.398 e. The van der Waals surface area contributed by atoms with Crippen LogP contribution in [0.4, 0.5) is 5.69 Å². The van der Waals surface area contributed by atoms with E-state index in [4.69, 9.17) is 5.73 Å². The van der Waals surface area contributed by atoms with Gasteiger partial charge in [-0.3, -0.25) is 0 Å². The molecule has 5 nitrogen and oxygen atoms in total. The Morgan fingerprint density at radius 1 is 1.20 bits per heavy atom. The number of hydrogen-bond donors (Lipinski definition) is 1. The molecule has 1 aromatic carbocycles. The predicted molar refractivity (Wildman–Crippen MR) is 78.9 cm³/mol. The van der Waals surface area contributed by atoms with Crippen LogP contribution in [0.25, 0.3) is 11.4 Å². The summed E-state index contributed by atoms with van der Waals surface area (Å²) < 4.78 is 1.91. The first-order valence-corrected chi connectivity index (χ1v) is 7.29. The molecule has 0 bridgehead atoms. The lowest BCUT2D eigenvalue weighted by Gasteiger charge is -2.33. The fourth-order valence-electron chi connectivity index (χ4n) is 3.13. The van der Waals surface area contributed by atoms with E-state index < -0.39 is 0 Å². The van der Waals surface area contributed by atoms with Crippen LogP contribution in [0.2, 0.25) is 0 Å². The predicted octanol–water partition coefficient (Wildman–Crippen LogP) is 2.89. The molecule has 1 aliphatic carbocycles. The first kappa shape index (κ1) is 13.1. The van der Waals surface area contributed by atoms with Crippen molar-refractivity contribution >= 4 is 5.69 Å². The molecule has 20 heavy (non-hydrogen) atoms. The zero-order valence-corrected chi connectivity index (χ0v) is 11.9. The normalized spacial score (nSPS) is 18.1. The average Bonchev–Trinajstić information content (AvgIpc) is 2.87. The summed E-state index contributed by atoms with van der Waals surface area (Å²) in [6.45, 7) is 3.20. The Hall–Kier alpha value is -1.91. The zero-order chi connectivity index (χ0) is 14.0. The third kappa shape index (κ3) is 2.53. The average molecular weight is 271 g/mol. The van der Waals surface area contributed by atoms with Crippen LogP contribution in [0.5, 0.6) is 0 Å². The van der Waals surface area contributed by atoms with Crippen molar-refractivity contribution in [3.8, 4) is 11.4 Å². The van der Waals surface area contributed by atoms with E-state index in [9.17, 15) is 0 Å².